The van der Waals surface area contributed by atoms with Crippen LogP contribution in [-0.4, -0.2) is 18.6 Å². The lowest BCUT2D eigenvalue weighted by Crippen LogP contribution is -2.00. The Hall–Kier alpha value is -1.41. The van der Waals surface area contributed by atoms with Crippen molar-refractivity contribution in [2.24, 2.45) is 4.99 Å². The Bertz CT molecular complexity index is 249. The molecule has 0 bridgehead atoms. The SMILES string of the molecule is CCO/C(C)=C(/C)C(=O)N=C=O. The number of ether oxygens (including phenoxy) is 1. The normalized spacial score (nSPS) is 11.2. The zero-order valence-corrected chi connectivity index (χ0v) is 7.38. The smallest absolute Gasteiger partial charge is 0.286 e. The van der Waals surface area contributed by atoms with Crippen molar-refractivity contribution in [3.8, 4) is 0 Å². The Kier molecular flexibility index (Phi) is 4.65. The third-order valence-corrected chi connectivity index (χ3v) is 1.36. The van der Waals surface area contributed by atoms with Crippen LogP contribution in [0.2, 0.25) is 0 Å². The molecule has 0 radical (unpaired) electrons. The number of hydrogen-bond donors (Lipinski definition) is 0. The highest BCUT2D eigenvalue weighted by Gasteiger charge is 2.06. The molecule has 0 unspecified atom stereocenters. The molecule has 0 fully saturated rings. The second-order valence-corrected chi connectivity index (χ2v) is 2.12. The first-order valence-electron chi connectivity index (χ1n) is 3.56. The molecular formula is C8H11NO3. The molecule has 4 heteroatoms. The maximum Gasteiger partial charge on any atom is 0.286 e. The Morgan fingerprint density at radius 3 is 2.50 bits per heavy atom. The summed E-state index contributed by atoms with van der Waals surface area (Å²) in [6.45, 7) is 5.50. The number of allylic oxidation sites excluding steroid dienone is 1. The van der Waals surface area contributed by atoms with E-state index in [4.69, 9.17) is 4.74 Å². The lowest BCUT2D eigenvalue weighted by molar-refractivity contribution is -0.114. The molecule has 0 aliphatic heterocycles. The van der Waals surface area contributed by atoms with Crippen LogP contribution in [0.25, 0.3) is 0 Å². The summed E-state index contributed by atoms with van der Waals surface area (Å²) in [5, 5.41) is 0. The van der Waals surface area contributed by atoms with E-state index >= 15 is 0 Å². The first-order chi connectivity index (χ1) is 5.63. The van der Waals surface area contributed by atoms with Gasteiger partial charge in [0.1, 0.15) is 5.76 Å². The van der Waals surface area contributed by atoms with Crippen LogP contribution in [-0.2, 0) is 14.3 Å². The van der Waals surface area contributed by atoms with E-state index in [-0.39, 0.29) is 0 Å². The van der Waals surface area contributed by atoms with Gasteiger partial charge < -0.3 is 4.74 Å². The van der Waals surface area contributed by atoms with E-state index in [1.165, 1.54) is 6.08 Å². The molecule has 12 heavy (non-hydrogen) atoms. The molecule has 0 spiro atoms. The number of amides is 1. The number of aliphatic imine (C=N–C) groups is 1. The van der Waals surface area contributed by atoms with Gasteiger partial charge in [0.2, 0.25) is 6.08 Å². The third-order valence-electron chi connectivity index (χ3n) is 1.36. The number of isocyanates is 1. The van der Waals surface area contributed by atoms with Gasteiger partial charge >= 0.3 is 0 Å². The summed E-state index contributed by atoms with van der Waals surface area (Å²) in [5.41, 5.74) is 0.334. The zero-order chi connectivity index (χ0) is 9.56. The van der Waals surface area contributed by atoms with Gasteiger partial charge in [-0.15, -0.1) is 4.99 Å². The van der Waals surface area contributed by atoms with Crippen LogP contribution < -0.4 is 0 Å². The summed E-state index contributed by atoms with van der Waals surface area (Å²) in [6.07, 6.45) is 1.18. The molecule has 0 heterocycles. The van der Waals surface area contributed by atoms with Crippen molar-refractivity contribution >= 4 is 12.0 Å². The molecule has 4 nitrogen and oxygen atoms in total. The monoisotopic (exact) mass is 169 g/mol. The van der Waals surface area contributed by atoms with Crippen LogP contribution in [0.5, 0.6) is 0 Å². The Morgan fingerprint density at radius 1 is 1.50 bits per heavy atom. The Labute approximate surface area is 70.9 Å². The van der Waals surface area contributed by atoms with Gasteiger partial charge in [-0.25, -0.2) is 4.79 Å². The number of carbonyl (C=O) groups is 1. The average Bonchev–Trinajstić information content (AvgIpc) is 2.04. The largest absolute Gasteiger partial charge is 0.498 e. The van der Waals surface area contributed by atoms with Gasteiger partial charge in [-0.1, -0.05) is 0 Å². The number of nitrogens with zero attached hydrogens (tertiary/aromatic N) is 1. The first-order valence-corrected chi connectivity index (χ1v) is 3.56. The van der Waals surface area contributed by atoms with Crippen molar-refractivity contribution in [1.29, 1.82) is 0 Å². The van der Waals surface area contributed by atoms with Crippen LogP contribution in [0.1, 0.15) is 20.8 Å². The fourth-order valence-electron chi connectivity index (χ4n) is 0.601. The predicted octanol–water partition coefficient (Wildman–Crippen LogP) is 1.18. The highest BCUT2D eigenvalue weighted by atomic mass is 16.5. The lowest BCUT2D eigenvalue weighted by Gasteiger charge is -2.03. The minimum atomic E-state index is -0.601. The first kappa shape index (κ1) is 10.6. The molecule has 0 atom stereocenters. The average molecular weight is 169 g/mol. The van der Waals surface area contributed by atoms with Crippen molar-refractivity contribution in [3.05, 3.63) is 11.3 Å². The van der Waals surface area contributed by atoms with E-state index in [9.17, 15) is 9.59 Å². The number of hydrogen-bond acceptors (Lipinski definition) is 3. The lowest BCUT2D eigenvalue weighted by atomic mass is 10.2. The molecule has 0 aliphatic carbocycles. The topological polar surface area (TPSA) is 55.7 Å². The molecular weight excluding hydrogens is 158 g/mol. The highest BCUT2D eigenvalue weighted by molar-refractivity contribution is 5.96. The van der Waals surface area contributed by atoms with Crippen LogP contribution in [0.15, 0.2) is 16.3 Å². The van der Waals surface area contributed by atoms with E-state index in [0.29, 0.717) is 17.9 Å². The Morgan fingerprint density at radius 2 is 2.08 bits per heavy atom. The highest BCUT2D eigenvalue weighted by Crippen LogP contribution is 2.05. The molecule has 66 valence electrons. The van der Waals surface area contributed by atoms with Gasteiger partial charge in [-0.05, 0) is 20.8 Å². The van der Waals surface area contributed by atoms with E-state index in [0.717, 1.165) is 0 Å². The minimum absolute atomic E-state index is 0.334. The molecule has 0 saturated heterocycles. The van der Waals surface area contributed by atoms with Gasteiger partial charge in [0, 0.05) is 0 Å². The van der Waals surface area contributed by atoms with Gasteiger partial charge in [0.15, 0.2) is 0 Å². The van der Waals surface area contributed by atoms with Crippen molar-refractivity contribution in [2.75, 3.05) is 6.61 Å². The van der Waals surface area contributed by atoms with Crippen molar-refractivity contribution in [3.63, 3.8) is 0 Å². The summed E-state index contributed by atoms with van der Waals surface area (Å²) in [5.74, 6) is -0.113. The maximum absolute atomic E-state index is 10.9. The fraction of sp³-hybridized carbons (Fsp3) is 0.500. The molecule has 0 aromatic carbocycles. The second-order valence-electron chi connectivity index (χ2n) is 2.12. The van der Waals surface area contributed by atoms with Gasteiger partial charge in [0.05, 0.1) is 12.2 Å². The predicted molar refractivity (Wildman–Crippen MR) is 43.1 cm³/mol. The summed E-state index contributed by atoms with van der Waals surface area (Å²) >= 11 is 0. The standard InChI is InChI=1S/C8H11NO3/c1-4-12-7(3)6(2)8(11)9-5-10/h4H2,1-3H3/b7-6-. The fourth-order valence-corrected chi connectivity index (χ4v) is 0.601. The molecule has 0 aromatic rings. The molecule has 0 N–H and O–H groups in total. The molecule has 0 saturated carbocycles. The van der Waals surface area contributed by atoms with E-state index in [2.05, 4.69) is 4.99 Å². The molecule has 1 amide bonds. The van der Waals surface area contributed by atoms with Crippen molar-refractivity contribution in [2.45, 2.75) is 20.8 Å². The molecule has 0 rings (SSSR count). The van der Waals surface area contributed by atoms with Crippen LogP contribution >= 0.6 is 0 Å². The second kappa shape index (κ2) is 5.27. The zero-order valence-electron chi connectivity index (χ0n) is 7.38. The third kappa shape index (κ3) is 3.12. The quantitative estimate of drug-likeness (QED) is 0.276. The van der Waals surface area contributed by atoms with Crippen LogP contribution in [0, 0.1) is 0 Å². The van der Waals surface area contributed by atoms with Crippen LogP contribution in [0.3, 0.4) is 0 Å². The van der Waals surface area contributed by atoms with E-state index in [1.54, 1.807) is 13.8 Å². The van der Waals surface area contributed by atoms with E-state index in [1.807, 2.05) is 6.92 Å². The van der Waals surface area contributed by atoms with Gasteiger partial charge in [-0.3, -0.25) is 4.79 Å². The van der Waals surface area contributed by atoms with Gasteiger partial charge in [0.25, 0.3) is 5.91 Å². The summed E-state index contributed by atoms with van der Waals surface area (Å²) < 4.78 is 5.04. The summed E-state index contributed by atoms with van der Waals surface area (Å²) in [6, 6.07) is 0. The number of rotatable bonds is 3. The van der Waals surface area contributed by atoms with E-state index < -0.39 is 5.91 Å². The molecule has 0 aromatic heterocycles. The van der Waals surface area contributed by atoms with Crippen molar-refractivity contribution in [1.82, 2.24) is 0 Å². The maximum atomic E-state index is 10.9. The number of carbonyl (C=O) groups excluding carboxylic acids is 2. The minimum Gasteiger partial charge on any atom is -0.498 e. The van der Waals surface area contributed by atoms with Crippen LogP contribution in [0.4, 0.5) is 0 Å². The Balaban J connectivity index is 4.53. The van der Waals surface area contributed by atoms with Crippen molar-refractivity contribution < 1.29 is 14.3 Å². The van der Waals surface area contributed by atoms with Gasteiger partial charge in [-0.2, -0.15) is 0 Å². The summed E-state index contributed by atoms with van der Waals surface area (Å²) in [4.78, 5) is 23.6. The summed E-state index contributed by atoms with van der Waals surface area (Å²) in [7, 11) is 0. The molecule has 0 aliphatic rings.